The van der Waals surface area contributed by atoms with Crippen molar-refractivity contribution < 1.29 is 26.7 Å². The molecule has 1 heterocycles. The Balaban J connectivity index is 0. The van der Waals surface area contributed by atoms with Crippen LogP contribution in [0, 0.1) is 12.3 Å². The van der Waals surface area contributed by atoms with E-state index in [0.717, 1.165) is 0 Å². The lowest BCUT2D eigenvalue weighted by Gasteiger charge is -1.84. The molecule has 0 radical (unpaired) electrons. The second kappa shape index (κ2) is 11.2. The average molecular weight is 244 g/mol. The van der Waals surface area contributed by atoms with Crippen molar-refractivity contribution in [3.8, 4) is 12.3 Å². The Hall–Kier alpha value is -0.850. The lowest BCUT2D eigenvalue weighted by atomic mass is 10.5. The molecule has 0 saturated carbocycles. The van der Waals surface area contributed by atoms with E-state index >= 15 is 0 Å². The highest BCUT2D eigenvalue weighted by Gasteiger charge is 1.88. The van der Waals surface area contributed by atoms with Crippen LogP contribution in [0.3, 0.4) is 0 Å². The normalized spacial score (nSPS) is 7.15. The van der Waals surface area contributed by atoms with Gasteiger partial charge in [-0.3, -0.25) is 0 Å². The number of aliphatic hydroxyl groups is 1. The highest BCUT2D eigenvalue weighted by atomic mass is 79.9. The summed E-state index contributed by atoms with van der Waals surface area (Å²) in [6.07, 6.45) is 8.98. The molecule has 0 atom stereocenters. The van der Waals surface area contributed by atoms with Gasteiger partial charge in [-0.25, -0.2) is 0 Å². The minimum Gasteiger partial charge on any atom is -1.00 e. The number of terminal acetylenes is 1. The van der Waals surface area contributed by atoms with E-state index in [-0.39, 0.29) is 23.6 Å². The van der Waals surface area contributed by atoms with Crippen molar-refractivity contribution in [1.29, 1.82) is 0 Å². The maximum Gasteiger partial charge on any atom is 0.208 e. The van der Waals surface area contributed by atoms with Gasteiger partial charge in [0.25, 0.3) is 0 Å². The first-order valence-electron chi connectivity index (χ1n) is 3.83. The summed E-state index contributed by atoms with van der Waals surface area (Å²) in [5, 5.41) is 7.57. The van der Waals surface area contributed by atoms with Crippen LogP contribution in [0.25, 0.3) is 0 Å². The standard InChI is InChI=1S/C8H8N.C2H6O.BrH/c1-2-6-9-7-4-3-5-8-9;1-2-3;/h1,3-5,7-8H,6H2;3H,2H2,1H3;1H/q+1;;/p-1. The van der Waals surface area contributed by atoms with E-state index in [1.807, 2.05) is 35.2 Å². The van der Waals surface area contributed by atoms with Crippen LogP contribution < -0.4 is 21.5 Å². The van der Waals surface area contributed by atoms with Crippen LogP contribution in [0.5, 0.6) is 0 Å². The number of aromatic nitrogens is 1. The minimum atomic E-state index is 0. The number of hydrogen-bond acceptors (Lipinski definition) is 1. The van der Waals surface area contributed by atoms with Gasteiger partial charge in [-0.05, 0) is 12.8 Å². The van der Waals surface area contributed by atoms with Gasteiger partial charge in [0.1, 0.15) is 0 Å². The number of hydrogen-bond donors (Lipinski definition) is 1. The molecule has 1 N–H and O–H groups in total. The van der Waals surface area contributed by atoms with Gasteiger partial charge in [0.15, 0.2) is 12.4 Å². The molecular formula is C10H14BrNO. The lowest BCUT2D eigenvalue weighted by molar-refractivity contribution is -0.684. The van der Waals surface area contributed by atoms with Crippen molar-refractivity contribution in [3.63, 3.8) is 0 Å². The predicted molar refractivity (Wildman–Crippen MR) is 48.2 cm³/mol. The van der Waals surface area contributed by atoms with Gasteiger partial charge in [0, 0.05) is 18.7 Å². The molecule has 0 amide bonds. The van der Waals surface area contributed by atoms with E-state index in [9.17, 15) is 0 Å². The molecular weight excluding hydrogens is 230 g/mol. The highest BCUT2D eigenvalue weighted by Crippen LogP contribution is 1.74. The van der Waals surface area contributed by atoms with Crippen molar-refractivity contribution in [3.05, 3.63) is 30.6 Å². The van der Waals surface area contributed by atoms with E-state index in [2.05, 4.69) is 5.92 Å². The summed E-state index contributed by atoms with van der Waals surface area (Å²) in [5.41, 5.74) is 0. The van der Waals surface area contributed by atoms with Gasteiger partial charge in [0.2, 0.25) is 6.54 Å². The molecule has 0 aliphatic heterocycles. The van der Waals surface area contributed by atoms with Crippen LogP contribution in [0.4, 0.5) is 0 Å². The van der Waals surface area contributed by atoms with E-state index in [4.69, 9.17) is 11.5 Å². The summed E-state index contributed by atoms with van der Waals surface area (Å²) in [4.78, 5) is 0. The largest absolute Gasteiger partial charge is 1.00 e. The van der Waals surface area contributed by atoms with Crippen LogP contribution in [-0.4, -0.2) is 11.7 Å². The van der Waals surface area contributed by atoms with E-state index in [1.165, 1.54) is 0 Å². The number of nitrogens with zero attached hydrogens (tertiary/aromatic N) is 1. The fraction of sp³-hybridized carbons (Fsp3) is 0.300. The Bertz CT molecular complexity index is 230. The quantitative estimate of drug-likeness (QED) is 0.432. The van der Waals surface area contributed by atoms with Crippen LogP contribution in [-0.2, 0) is 6.54 Å². The molecule has 1 rings (SSSR count). The monoisotopic (exact) mass is 243 g/mol. The van der Waals surface area contributed by atoms with Crippen LogP contribution in [0.2, 0.25) is 0 Å². The predicted octanol–water partition coefficient (Wildman–Crippen LogP) is -2.39. The van der Waals surface area contributed by atoms with Gasteiger partial charge in [-0.2, -0.15) is 4.57 Å². The average Bonchev–Trinajstić information content (AvgIpc) is 2.08. The molecule has 13 heavy (non-hydrogen) atoms. The van der Waals surface area contributed by atoms with Crippen molar-refractivity contribution >= 4 is 0 Å². The van der Waals surface area contributed by atoms with Gasteiger partial charge >= 0.3 is 0 Å². The summed E-state index contributed by atoms with van der Waals surface area (Å²) >= 11 is 0. The van der Waals surface area contributed by atoms with Gasteiger partial charge in [-0.15, -0.1) is 6.42 Å². The molecule has 0 aromatic carbocycles. The number of pyridine rings is 1. The summed E-state index contributed by atoms with van der Waals surface area (Å²) < 4.78 is 1.94. The molecule has 0 spiro atoms. The zero-order valence-electron chi connectivity index (χ0n) is 7.65. The Kier molecular flexibility index (Phi) is 12.6. The minimum absolute atomic E-state index is 0. The Morgan fingerprint density at radius 1 is 1.31 bits per heavy atom. The molecule has 3 heteroatoms. The Morgan fingerprint density at radius 2 is 1.77 bits per heavy atom. The van der Waals surface area contributed by atoms with E-state index in [1.54, 1.807) is 6.92 Å². The third-order valence-electron chi connectivity index (χ3n) is 1.05. The molecule has 0 bridgehead atoms. The van der Waals surface area contributed by atoms with Crippen molar-refractivity contribution in [2.24, 2.45) is 0 Å². The summed E-state index contributed by atoms with van der Waals surface area (Å²) in [7, 11) is 0. The molecule has 1 aromatic heterocycles. The van der Waals surface area contributed by atoms with Crippen molar-refractivity contribution in [2.75, 3.05) is 6.61 Å². The van der Waals surface area contributed by atoms with Gasteiger partial charge in [-0.1, -0.05) is 6.07 Å². The van der Waals surface area contributed by atoms with Gasteiger partial charge in [0.05, 0.1) is 0 Å². The smallest absolute Gasteiger partial charge is 0.208 e. The number of rotatable bonds is 1. The zero-order valence-corrected chi connectivity index (χ0v) is 9.24. The molecule has 2 nitrogen and oxygen atoms in total. The summed E-state index contributed by atoms with van der Waals surface area (Å²) in [5.74, 6) is 2.55. The molecule has 0 aliphatic rings. The third-order valence-corrected chi connectivity index (χ3v) is 1.05. The maximum atomic E-state index is 7.57. The summed E-state index contributed by atoms with van der Waals surface area (Å²) in [6, 6.07) is 5.88. The van der Waals surface area contributed by atoms with Crippen LogP contribution in [0.15, 0.2) is 30.6 Å². The maximum absolute atomic E-state index is 7.57. The fourth-order valence-electron chi connectivity index (χ4n) is 0.645. The third kappa shape index (κ3) is 9.06. The van der Waals surface area contributed by atoms with E-state index in [0.29, 0.717) is 6.54 Å². The summed E-state index contributed by atoms with van der Waals surface area (Å²) in [6.45, 7) is 2.58. The molecule has 0 saturated heterocycles. The van der Waals surface area contributed by atoms with Crippen LogP contribution in [0.1, 0.15) is 6.92 Å². The first kappa shape index (κ1) is 14.7. The number of halogens is 1. The SMILES string of the molecule is C#CC[n+]1ccccc1.CCO.[Br-]. The molecule has 1 aromatic rings. The second-order valence-corrected chi connectivity index (χ2v) is 2.07. The number of aliphatic hydroxyl groups excluding tert-OH is 1. The topological polar surface area (TPSA) is 24.1 Å². The highest BCUT2D eigenvalue weighted by molar-refractivity contribution is 4.85. The molecule has 0 aliphatic carbocycles. The molecule has 72 valence electrons. The van der Waals surface area contributed by atoms with Crippen molar-refractivity contribution in [1.82, 2.24) is 0 Å². The first-order valence-corrected chi connectivity index (χ1v) is 3.83. The fourth-order valence-corrected chi connectivity index (χ4v) is 0.645. The first-order chi connectivity index (χ1) is 5.85. The second-order valence-electron chi connectivity index (χ2n) is 2.07. The van der Waals surface area contributed by atoms with Crippen LogP contribution >= 0.6 is 0 Å². The Labute approximate surface area is 90.0 Å². The zero-order chi connectivity index (χ0) is 9.23. The Morgan fingerprint density at radius 3 is 2.15 bits per heavy atom. The van der Waals surface area contributed by atoms with E-state index < -0.39 is 0 Å². The van der Waals surface area contributed by atoms with Crippen molar-refractivity contribution in [2.45, 2.75) is 13.5 Å². The molecule has 0 unspecified atom stereocenters. The van der Waals surface area contributed by atoms with Gasteiger partial charge < -0.3 is 22.1 Å². The lowest BCUT2D eigenvalue weighted by Crippen LogP contribution is -3.00. The molecule has 0 fully saturated rings.